The molecular formula is C11H12N2O3. The minimum Gasteiger partial charge on any atom is -0.493 e. The van der Waals surface area contributed by atoms with E-state index in [0.29, 0.717) is 17.2 Å². The molecular weight excluding hydrogens is 208 g/mol. The number of aromatic nitrogens is 2. The maximum absolute atomic E-state index is 11.2. The van der Waals surface area contributed by atoms with Gasteiger partial charge in [0.15, 0.2) is 17.3 Å². The molecule has 0 radical (unpaired) electrons. The van der Waals surface area contributed by atoms with Gasteiger partial charge in [-0.25, -0.2) is 4.52 Å². The van der Waals surface area contributed by atoms with E-state index in [1.54, 1.807) is 37.1 Å². The lowest BCUT2D eigenvalue weighted by Crippen LogP contribution is -1.96. The van der Waals surface area contributed by atoms with Gasteiger partial charge in [0.05, 0.1) is 25.9 Å². The third-order valence-corrected chi connectivity index (χ3v) is 2.33. The summed E-state index contributed by atoms with van der Waals surface area (Å²) >= 11 is 0. The van der Waals surface area contributed by atoms with Crippen molar-refractivity contribution in [1.82, 2.24) is 9.61 Å². The third kappa shape index (κ3) is 1.60. The number of fused-ring (bicyclic) bond motifs is 1. The highest BCUT2D eigenvalue weighted by molar-refractivity contribution is 5.93. The predicted octanol–water partition coefficient (Wildman–Crippen LogP) is 1.55. The van der Waals surface area contributed by atoms with Crippen molar-refractivity contribution in [2.45, 2.75) is 6.92 Å². The molecule has 2 rings (SSSR count). The zero-order chi connectivity index (χ0) is 11.7. The summed E-state index contributed by atoms with van der Waals surface area (Å²) in [6.45, 7) is 1.48. The molecule has 0 unspecified atom stereocenters. The molecule has 0 saturated carbocycles. The van der Waals surface area contributed by atoms with Crippen molar-refractivity contribution in [3.8, 4) is 11.5 Å². The molecule has 0 aliphatic carbocycles. The Balaban J connectivity index is 2.64. The number of carbonyl (C=O) groups excluding carboxylic acids is 1. The van der Waals surface area contributed by atoms with Crippen molar-refractivity contribution in [2.24, 2.45) is 0 Å². The summed E-state index contributed by atoms with van der Waals surface area (Å²) in [5, 5.41) is 4.13. The number of pyridine rings is 1. The fraction of sp³-hybridized carbons (Fsp3) is 0.273. The summed E-state index contributed by atoms with van der Waals surface area (Å²) < 4.78 is 11.9. The number of methoxy groups -OCH3 is 2. The van der Waals surface area contributed by atoms with Gasteiger partial charge in [-0.2, -0.15) is 5.10 Å². The van der Waals surface area contributed by atoms with Crippen molar-refractivity contribution < 1.29 is 14.3 Å². The Bertz CT molecular complexity index is 504. The van der Waals surface area contributed by atoms with Crippen LogP contribution in [0.1, 0.15) is 17.4 Å². The molecule has 0 fully saturated rings. The molecule has 0 aromatic carbocycles. The Morgan fingerprint density at radius 1 is 1.25 bits per heavy atom. The summed E-state index contributed by atoms with van der Waals surface area (Å²) in [4.78, 5) is 11.2. The number of carbonyl (C=O) groups is 1. The zero-order valence-corrected chi connectivity index (χ0v) is 9.35. The minimum atomic E-state index is -0.0679. The molecule has 0 aliphatic rings. The van der Waals surface area contributed by atoms with Crippen LogP contribution in [0.4, 0.5) is 0 Å². The van der Waals surface area contributed by atoms with Gasteiger partial charge in [-0.15, -0.1) is 0 Å². The van der Waals surface area contributed by atoms with Gasteiger partial charge in [-0.3, -0.25) is 4.79 Å². The van der Waals surface area contributed by atoms with Gasteiger partial charge in [-0.1, -0.05) is 0 Å². The lowest BCUT2D eigenvalue weighted by Gasteiger charge is -2.06. The van der Waals surface area contributed by atoms with E-state index in [9.17, 15) is 4.79 Å². The Hall–Kier alpha value is -2.04. The molecule has 5 nitrogen and oxygen atoms in total. The van der Waals surface area contributed by atoms with Crippen LogP contribution >= 0.6 is 0 Å². The van der Waals surface area contributed by atoms with Crippen LogP contribution in [0.5, 0.6) is 11.5 Å². The Labute approximate surface area is 92.6 Å². The van der Waals surface area contributed by atoms with Crippen LogP contribution in [0.15, 0.2) is 18.3 Å². The van der Waals surface area contributed by atoms with E-state index in [4.69, 9.17) is 9.47 Å². The largest absolute Gasteiger partial charge is 0.493 e. The van der Waals surface area contributed by atoms with E-state index in [2.05, 4.69) is 5.10 Å². The maximum atomic E-state index is 11.2. The highest BCUT2D eigenvalue weighted by Gasteiger charge is 2.10. The number of hydrogen-bond acceptors (Lipinski definition) is 4. The Kier molecular flexibility index (Phi) is 2.52. The molecule has 0 spiro atoms. The number of hydrogen-bond donors (Lipinski definition) is 0. The molecule has 0 bridgehead atoms. The van der Waals surface area contributed by atoms with Gasteiger partial charge in [0, 0.05) is 13.0 Å². The second-order valence-electron chi connectivity index (χ2n) is 3.37. The number of rotatable bonds is 3. The first-order valence-corrected chi connectivity index (χ1v) is 4.78. The SMILES string of the molecule is COc1cc2cc(C(C)=O)nn2cc1OC. The molecule has 2 aromatic heterocycles. The predicted molar refractivity (Wildman–Crippen MR) is 58.3 cm³/mol. The first-order chi connectivity index (χ1) is 7.65. The number of nitrogens with zero attached hydrogens (tertiary/aromatic N) is 2. The summed E-state index contributed by atoms with van der Waals surface area (Å²) in [7, 11) is 3.12. The van der Waals surface area contributed by atoms with Gasteiger partial charge < -0.3 is 9.47 Å². The summed E-state index contributed by atoms with van der Waals surface area (Å²) in [5.41, 5.74) is 1.22. The lowest BCUT2D eigenvalue weighted by molar-refractivity contribution is 0.101. The van der Waals surface area contributed by atoms with Gasteiger partial charge in [0.2, 0.25) is 0 Å². The van der Waals surface area contributed by atoms with Gasteiger partial charge in [0.25, 0.3) is 0 Å². The lowest BCUT2D eigenvalue weighted by atomic mass is 10.3. The second kappa shape index (κ2) is 3.84. The van der Waals surface area contributed by atoms with Crippen molar-refractivity contribution >= 4 is 11.3 Å². The van der Waals surface area contributed by atoms with Crippen molar-refractivity contribution in [2.75, 3.05) is 14.2 Å². The smallest absolute Gasteiger partial charge is 0.180 e. The molecule has 16 heavy (non-hydrogen) atoms. The quantitative estimate of drug-likeness (QED) is 0.736. The molecule has 0 aliphatic heterocycles. The van der Waals surface area contributed by atoms with Crippen LogP contribution in [-0.2, 0) is 0 Å². The summed E-state index contributed by atoms with van der Waals surface area (Å²) in [6, 6.07) is 3.49. The van der Waals surface area contributed by atoms with Crippen LogP contribution < -0.4 is 9.47 Å². The van der Waals surface area contributed by atoms with Crippen LogP contribution in [0.25, 0.3) is 5.52 Å². The van der Waals surface area contributed by atoms with Gasteiger partial charge in [-0.05, 0) is 6.07 Å². The highest BCUT2D eigenvalue weighted by Crippen LogP contribution is 2.28. The number of ether oxygens (including phenoxy) is 2. The van der Waals surface area contributed by atoms with Crippen LogP contribution in [0, 0.1) is 0 Å². The van der Waals surface area contributed by atoms with E-state index >= 15 is 0 Å². The molecule has 2 heterocycles. The zero-order valence-electron chi connectivity index (χ0n) is 9.35. The monoisotopic (exact) mass is 220 g/mol. The summed E-state index contributed by atoms with van der Waals surface area (Å²) in [6.07, 6.45) is 1.68. The molecule has 2 aromatic rings. The first kappa shape index (κ1) is 10.5. The van der Waals surface area contributed by atoms with E-state index in [0.717, 1.165) is 5.52 Å². The van der Waals surface area contributed by atoms with Crippen molar-refractivity contribution in [3.05, 3.63) is 24.0 Å². The van der Waals surface area contributed by atoms with E-state index in [1.807, 2.05) is 0 Å². The highest BCUT2D eigenvalue weighted by atomic mass is 16.5. The molecule has 0 amide bonds. The maximum Gasteiger partial charge on any atom is 0.180 e. The standard InChI is InChI=1S/C11H12N2O3/c1-7(14)9-4-8-5-10(15-2)11(16-3)6-13(8)12-9/h4-6H,1-3H3. The van der Waals surface area contributed by atoms with E-state index < -0.39 is 0 Å². The van der Waals surface area contributed by atoms with Crippen molar-refractivity contribution in [3.63, 3.8) is 0 Å². The van der Waals surface area contributed by atoms with Gasteiger partial charge in [0.1, 0.15) is 5.69 Å². The number of Topliss-reactive ketones (excluding diaryl/α,β-unsaturated/α-hetero) is 1. The second-order valence-corrected chi connectivity index (χ2v) is 3.37. The number of ketones is 1. The third-order valence-electron chi connectivity index (χ3n) is 2.33. The minimum absolute atomic E-state index is 0.0679. The Morgan fingerprint density at radius 3 is 2.50 bits per heavy atom. The van der Waals surface area contributed by atoms with Gasteiger partial charge >= 0.3 is 0 Å². The van der Waals surface area contributed by atoms with Crippen molar-refractivity contribution in [1.29, 1.82) is 0 Å². The molecule has 0 saturated heterocycles. The van der Waals surface area contributed by atoms with E-state index in [1.165, 1.54) is 6.92 Å². The normalized spacial score (nSPS) is 10.4. The van der Waals surface area contributed by atoms with Crippen LogP contribution in [-0.4, -0.2) is 29.6 Å². The average molecular weight is 220 g/mol. The Morgan fingerprint density at radius 2 is 1.94 bits per heavy atom. The fourth-order valence-electron chi connectivity index (χ4n) is 1.49. The molecule has 5 heteroatoms. The fourth-order valence-corrected chi connectivity index (χ4v) is 1.49. The van der Waals surface area contributed by atoms with E-state index in [-0.39, 0.29) is 5.78 Å². The van der Waals surface area contributed by atoms with Crippen LogP contribution in [0.2, 0.25) is 0 Å². The molecule has 84 valence electrons. The average Bonchev–Trinajstić information content (AvgIpc) is 2.69. The van der Waals surface area contributed by atoms with Crippen LogP contribution in [0.3, 0.4) is 0 Å². The molecule has 0 N–H and O–H groups in total. The first-order valence-electron chi connectivity index (χ1n) is 4.78. The topological polar surface area (TPSA) is 52.8 Å². The molecule has 0 atom stereocenters. The summed E-state index contributed by atoms with van der Waals surface area (Å²) in [5.74, 6) is 1.12.